The second-order valence-electron chi connectivity index (χ2n) is 6.31. The predicted octanol–water partition coefficient (Wildman–Crippen LogP) is 3.58. The molecule has 0 unspecified atom stereocenters. The van der Waals surface area contributed by atoms with Crippen LogP contribution in [-0.2, 0) is 9.59 Å². The van der Waals surface area contributed by atoms with Crippen molar-refractivity contribution in [2.75, 3.05) is 4.90 Å². The third-order valence-corrected chi connectivity index (χ3v) is 4.43. The molecule has 1 aliphatic heterocycles. The summed E-state index contributed by atoms with van der Waals surface area (Å²) in [5.41, 5.74) is 2.51. The van der Waals surface area contributed by atoms with E-state index in [-0.39, 0.29) is 5.11 Å². The van der Waals surface area contributed by atoms with Gasteiger partial charge in [-0.3, -0.25) is 19.5 Å². The van der Waals surface area contributed by atoms with Gasteiger partial charge in [-0.2, -0.15) is 0 Å². The zero-order valence-corrected chi connectivity index (χ0v) is 15.4. The Bertz CT molecular complexity index is 860. The van der Waals surface area contributed by atoms with Crippen LogP contribution in [0, 0.1) is 5.92 Å². The van der Waals surface area contributed by atoms with Crippen molar-refractivity contribution >= 4 is 46.7 Å². The van der Waals surface area contributed by atoms with Crippen molar-refractivity contribution in [1.82, 2.24) is 5.32 Å². The Labute approximate surface area is 157 Å². The molecule has 0 aliphatic carbocycles. The lowest BCUT2D eigenvalue weighted by Gasteiger charge is -2.30. The molecule has 0 bridgehead atoms. The van der Waals surface area contributed by atoms with Gasteiger partial charge in [0.05, 0.1) is 11.4 Å². The summed E-state index contributed by atoms with van der Waals surface area (Å²) in [6, 6.07) is 16.7. The maximum absolute atomic E-state index is 12.8. The summed E-state index contributed by atoms with van der Waals surface area (Å²) in [6.45, 7) is 4.23. The Morgan fingerprint density at radius 2 is 1.73 bits per heavy atom. The van der Waals surface area contributed by atoms with Crippen LogP contribution in [0.15, 0.2) is 59.6 Å². The van der Waals surface area contributed by atoms with E-state index in [0.29, 0.717) is 17.3 Å². The third kappa shape index (κ3) is 3.70. The Morgan fingerprint density at radius 3 is 2.35 bits per heavy atom. The Kier molecular flexibility index (Phi) is 5.23. The maximum Gasteiger partial charge on any atom is 0.251 e. The average molecular weight is 365 g/mol. The molecule has 0 radical (unpaired) electrons. The number of carbonyl (C=O) groups excluding carboxylic acids is 2. The summed E-state index contributed by atoms with van der Waals surface area (Å²) in [5.74, 6) is -1.46. The molecule has 2 amide bonds. The van der Waals surface area contributed by atoms with E-state index in [1.165, 1.54) is 16.7 Å². The molecule has 1 heterocycles. The third-order valence-electron chi connectivity index (χ3n) is 4.15. The van der Waals surface area contributed by atoms with Crippen LogP contribution < -0.4 is 10.2 Å². The van der Waals surface area contributed by atoms with E-state index in [9.17, 15) is 9.59 Å². The first-order valence-electron chi connectivity index (χ1n) is 8.35. The second-order valence-corrected chi connectivity index (χ2v) is 6.69. The summed E-state index contributed by atoms with van der Waals surface area (Å²) in [7, 11) is 0. The van der Waals surface area contributed by atoms with Crippen molar-refractivity contribution < 1.29 is 9.59 Å². The number of para-hydroxylation sites is 1. The highest BCUT2D eigenvalue weighted by molar-refractivity contribution is 7.80. The molecule has 5 nitrogen and oxygen atoms in total. The maximum atomic E-state index is 12.8. The lowest BCUT2D eigenvalue weighted by Crippen LogP contribution is -2.58. The summed E-state index contributed by atoms with van der Waals surface area (Å²) in [5, 5.41) is 2.66. The number of amides is 2. The molecule has 2 aromatic rings. The summed E-state index contributed by atoms with van der Waals surface area (Å²) in [4.78, 5) is 30.7. The number of benzene rings is 2. The Hall–Kier alpha value is -2.86. The van der Waals surface area contributed by atoms with Crippen LogP contribution in [0.25, 0.3) is 0 Å². The first kappa shape index (κ1) is 17.9. The molecule has 1 fully saturated rings. The van der Waals surface area contributed by atoms with Gasteiger partial charge in [-0.1, -0.05) is 44.2 Å². The van der Waals surface area contributed by atoms with Gasteiger partial charge >= 0.3 is 0 Å². The summed E-state index contributed by atoms with van der Waals surface area (Å²) >= 11 is 5.16. The lowest BCUT2D eigenvalue weighted by molar-refractivity contribution is -0.130. The number of nitrogens with one attached hydrogen (secondary N) is 1. The molecule has 26 heavy (non-hydrogen) atoms. The number of hydrogen-bond acceptors (Lipinski definition) is 4. The van der Waals surface area contributed by atoms with Gasteiger partial charge in [-0.15, -0.1) is 0 Å². The van der Waals surface area contributed by atoms with Gasteiger partial charge in [0.1, 0.15) is 0 Å². The Morgan fingerprint density at radius 1 is 1.08 bits per heavy atom. The fraction of sp³-hybridized carbons (Fsp3) is 0.200. The van der Waals surface area contributed by atoms with Gasteiger partial charge in [0, 0.05) is 6.21 Å². The first-order valence-corrected chi connectivity index (χ1v) is 8.76. The monoisotopic (exact) mass is 365 g/mol. The molecule has 0 aromatic heterocycles. The number of anilines is 1. The normalized spacial score (nSPS) is 17.9. The highest BCUT2D eigenvalue weighted by Crippen LogP contribution is 2.22. The largest absolute Gasteiger partial charge is 0.301 e. The number of thiocarbonyl (C=S) groups is 1. The van der Waals surface area contributed by atoms with Crippen molar-refractivity contribution in [3.05, 3.63) is 60.2 Å². The van der Waals surface area contributed by atoms with Crippen LogP contribution >= 0.6 is 12.2 Å². The van der Waals surface area contributed by atoms with Crippen molar-refractivity contribution in [3.8, 4) is 0 Å². The molecule has 0 saturated carbocycles. The SMILES string of the molecule is CC(C)c1ccc(N=C[C@@H]2C(=O)NC(=S)N(c3ccccc3)C2=O)cc1. The van der Waals surface area contributed by atoms with Crippen LogP contribution in [0.2, 0.25) is 0 Å². The average Bonchev–Trinajstić information content (AvgIpc) is 2.62. The fourth-order valence-electron chi connectivity index (χ4n) is 2.65. The van der Waals surface area contributed by atoms with Gasteiger partial charge in [0.2, 0.25) is 5.91 Å². The zero-order valence-electron chi connectivity index (χ0n) is 14.5. The van der Waals surface area contributed by atoms with Gasteiger partial charge in [0.15, 0.2) is 11.0 Å². The molecule has 6 heteroatoms. The van der Waals surface area contributed by atoms with Crippen LogP contribution in [0.1, 0.15) is 25.3 Å². The minimum absolute atomic E-state index is 0.0807. The minimum atomic E-state index is -1.02. The van der Waals surface area contributed by atoms with E-state index >= 15 is 0 Å². The first-order chi connectivity index (χ1) is 12.5. The molecule has 0 spiro atoms. The quantitative estimate of drug-likeness (QED) is 0.512. The van der Waals surface area contributed by atoms with E-state index in [0.717, 1.165) is 0 Å². The van der Waals surface area contributed by atoms with Gasteiger partial charge in [0.25, 0.3) is 5.91 Å². The summed E-state index contributed by atoms with van der Waals surface area (Å²) < 4.78 is 0. The van der Waals surface area contributed by atoms with Crippen molar-refractivity contribution in [3.63, 3.8) is 0 Å². The number of hydrogen-bond donors (Lipinski definition) is 1. The van der Waals surface area contributed by atoms with Crippen molar-refractivity contribution in [2.24, 2.45) is 10.9 Å². The number of carbonyl (C=O) groups is 2. The van der Waals surface area contributed by atoms with Crippen LogP contribution in [-0.4, -0.2) is 23.1 Å². The predicted molar refractivity (Wildman–Crippen MR) is 107 cm³/mol. The van der Waals surface area contributed by atoms with Gasteiger partial charge in [-0.05, 0) is 48.0 Å². The number of rotatable bonds is 4. The van der Waals surface area contributed by atoms with E-state index in [4.69, 9.17) is 12.2 Å². The molecule has 2 aromatic carbocycles. The smallest absolute Gasteiger partial charge is 0.251 e. The zero-order chi connectivity index (χ0) is 18.7. The van der Waals surface area contributed by atoms with E-state index < -0.39 is 17.7 Å². The molecule has 1 saturated heterocycles. The van der Waals surface area contributed by atoms with Crippen LogP contribution in [0.5, 0.6) is 0 Å². The Balaban J connectivity index is 1.83. The van der Waals surface area contributed by atoms with Gasteiger partial charge in [-0.25, -0.2) is 0 Å². The lowest BCUT2D eigenvalue weighted by atomic mass is 10.0. The second kappa shape index (κ2) is 7.58. The van der Waals surface area contributed by atoms with Crippen molar-refractivity contribution in [2.45, 2.75) is 19.8 Å². The van der Waals surface area contributed by atoms with Crippen LogP contribution in [0.4, 0.5) is 11.4 Å². The highest BCUT2D eigenvalue weighted by Gasteiger charge is 2.38. The topological polar surface area (TPSA) is 61.8 Å². The molecule has 3 rings (SSSR count). The molecular formula is C20H19N3O2S. The highest BCUT2D eigenvalue weighted by atomic mass is 32.1. The number of nitrogens with zero attached hydrogens (tertiary/aromatic N) is 2. The van der Waals surface area contributed by atoms with E-state index in [2.05, 4.69) is 24.2 Å². The summed E-state index contributed by atoms with van der Waals surface area (Å²) in [6.07, 6.45) is 1.37. The van der Waals surface area contributed by atoms with Crippen molar-refractivity contribution in [1.29, 1.82) is 0 Å². The van der Waals surface area contributed by atoms with E-state index in [1.807, 2.05) is 30.3 Å². The molecule has 132 valence electrons. The minimum Gasteiger partial charge on any atom is -0.301 e. The molecule has 1 atom stereocenters. The standard InChI is InChI=1S/C20H19N3O2S/c1-13(2)14-8-10-15(11-9-14)21-12-17-18(24)22-20(26)23(19(17)25)16-6-4-3-5-7-16/h3-13,17H,1-2H3,(H,22,24,26)/t17-/m1/s1. The van der Waals surface area contributed by atoms with Gasteiger partial charge < -0.3 is 5.32 Å². The molecule has 1 N–H and O–H groups in total. The number of aliphatic imine (C=N–C) groups is 1. The molecular weight excluding hydrogens is 346 g/mol. The van der Waals surface area contributed by atoms with E-state index in [1.54, 1.807) is 24.3 Å². The van der Waals surface area contributed by atoms with Crippen LogP contribution in [0.3, 0.4) is 0 Å². The fourth-order valence-corrected chi connectivity index (χ4v) is 2.95. The molecule has 1 aliphatic rings.